The van der Waals surface area contributed by atoms with Crippen molar-refractivity contribution >= 4 is 0 Å². The predicted molar refractivity (Wildman–Crippen MR) is 55.6 cm³/mol. The highest BCUT2D eigenvalue weighted by Crippen LogP contribution is 2.22. The SMILES string of the molecule is Cn1cnc(C(N)c2cccc(F)c2F)c1. The Hall–Kier alpha value is -1.75. The van der Waals surface area contributed by atoms with Crippen molar-refractivity contribution in [3.05, 3.63) is 53.6 Å². The third kappa shape index (κ3) is 1.81. The molecule has 0 spiro atoms. The van der Waals surface area contributed by atoms with Crippen LogP contribution in [-0.4, -0.2) is 9.55 Å². The van der Waals surface area contributed by atoms with E-state index in [1.165, 1.54) is 12.1 Å². The van der Waals surface area contributed by atoms with E-state index >= 15 is 0 Å². The first-order valence-electron chi connectivity index (χ1n) is 4.77. The number of halogens is 2. The molecular weight excluding hydrogens is 212 g/mol. The van der Waals surface area contributed by atoms with Gasteiger partial charge >= 0.3 is 0 Å². The van der Waals surface area contributed by atoms with Crippen molar-refractivity contribution in [2.75, 3.05) is 0 Å². The monoisotopic (exact) mass is 223 g/mol. The van der Waals surface area contributed by atoms with Gasteiger partial charge in [0.05, 0.1) is 18.1 Å². The van der Waals surface area contributed by atoms with Crippen LogP contribution in [0.3, 0.4) is 0 Å². The van der Waals surface area contributed by atoms with Crippen molar-refractivity contribution in [2.24, 2.45) is 12.8 Å². The van der Waals surface area contributed by atoms with E-state index in [9.17, 15) is 8.78 Å². The number of hydrogen-bond acceptors (Lipinski definition) is 2. The highest BCUT2D eigenvalue weighted by atomic mass is 19.2. The molecule has 1 unspecified atom stereocenters. The van der Waals surface area contributed by atoms with Crippen LogP contribution in [0.2, 0.25) is 0 Å². The average Bonchev–Trinajstić information content (AvgIpc) is 2.68. The number of aryl methyl sites for hydroxylation is 1. The van der Waals surface area contributed by atoms with E-state index in [1.54, 1.807) is 24.1 Å². The number of nitrogens with zero attached hydrogens (tertiary/aromatic N) is 2. The molecule has 0 radical (unpaired) electrons. The Kier molecular flexibility index (Phi) is 2.70. The van der Waals surface area contributed by atoms with Crippen molar-refractivity contribution in [1.29, 1.82) is 0 Å². The molecule has 1 atom stereocenters. The minimum Gasteiger partial charge on any atom is -0.340 e. The predicted octanol–water partition coefficient (Wildman–Crippen LogP) is 1.75. The second kappa shape index (κ2) is 4.02. The van der Waals surface area contributed by atoms with E-state index in [0.29, 0.717) is 5.69 Å². The van der Waals surface area contributed by atoms with Gasteiger partial charge in [-0.05, 0) is 6.07 Å². The van der Waals surface area contributed by atoms with Crippen molar-refractivity contribution in [2.45, 2.75) is 6.04 Å². The molecular formula is C11H11F2N3. The van der Waals surface area contributed by atoms with Crippen LogP contribution in [0.1, 0.15) is 17.3 Å². The van der Waals surface area contributed by atoms with E-state index < -0.39 is 17.7 Å². The summed E-state index contributed by atoms with van der Waals surface area (Å²) < 4.78 is 28.2. The molecule has 5 heteroatoms. The minimum absolute atomic E-state index is 0.110. The summed E-state index contributed by atoms with van der Waals surface area (Å²) in [5, 5.41) is 0. The lowest BCUT2D eigenvalue weighted by atomic mass is 10.0. The van der Waals surface area contributed by atoms with Gasteiger partial charge in [0.15, 0.2) is 11.6 Å². The lowest BCUT2D eigenvalue weighted by molar-refractivity contribution is 0.494. The Morgan fingerprint density at radius 3 is 2.75 bits per heavy atom. The standard InChI is InChI=1S/C11H11F2N3/c1-16-5-9(15-6-16)11(14)7-3-2-4-8(12)10(7)13/h2-6,11H,14H2,1H3. The summed E-state index contributed by atoms with van der Waals surface area (Å²) in [6, 6.07) is 3.19. The first kappa shape index (κ1) is 10.8. The van der Waals surface area contributed by atoms with Crippen LogP contribution in [0.15, 0.2) is 30.7 Å². The van der Waals surface area contributed by atoms with Crippen molar-refractivity contribution in [1.82, 2.24) is 9.55 Å². The Balaban J connectivity index is 2.41. The number of imidazole rings is 1. The van der Waals surface area contributed by atoms with Crippen LogP contribution in [0.25, 0.3) is 0 Å². The van der Waals surface area contributed by atoms with Gasteiger partial charge in [0, 0.05) is 18.8 Å². The Morgan fingerprint density at radius 2 is 2.12 bits per heavy atom. The summed E-state index contributed by atoms with van der Waals surface area (Å²) >= 11 is 0. The molecule has 16 heavy (non-hydrogen) atoms. The van der Waals surface area contributed by atoms with Crippen LogP contribution in [0.5, 0.6) is 0 Å². The summed E-state index contributed by atoms with van der Waals surface area (Å²) in [6.45, 7) is 0. The molecule has 0 fully saturated rings. The third-order valence-electron chi connectivity index (χ3n) is 2.36. The number of nitrogens with two attached hydrogens (primary N) is 1. The Labute approximate surface area is 91.5 Å². The largest absolute Gasteiger partial charge is 0.340 e. The molecule has 1 aromatic carbocycles. The van der Waals surface area contributed by atoms with E-state index in [4.69, 9.17) is 5.73 Å². The molecule has 0 saturated carbocycles. The molecule has 2 aromatic rings. The first-order valence-corrected chi connectivity index (χ1v) is 4.77. The number of aromatic nitrogens is 2. The molecule has 84 valence electrons. The second-order valence-corrected chi connectivity index (χ2v) is 3.58. The van der Waals surface area contributed by atoms with Crippen LogP contribution in [0, 0.1) is 11.6 Å². The zero-order valence-electron chi connectivity index (χ0n) is 8.69. The summed E-state index contributed by atoms with van der Waals surface area (Å²) in [4.78, 5) is 4.01. The van der Waals surface area contributed by atoms with E-state index in [0.717, 1.165) is 6.07 Å². The highest BCUT2D eigenvalue weighted by Gasteiger charge is 2.17. The van der Waals surface area contributed by atoms with Crippen molar-refractivity contribution in [3.63, 3.8) is 0 Å². The molecule has 2 rings (SSSR count). The molecule has 0 saturated heterocycles. The van der Waals surface area contributed by atoms with Crippen LogP contribution in [0.4, 0.5) is 8.78 Å². The first-order chi connectivity index (χ1) is 7.59. The fourth-order valence-electron chi connectivity index (χ4n) is 1.51. The van der Waals surface area contributed by atoms with Gasteiger partial charge in [0.2, 0.25) is 0 Å². The van der Waals surface area contributed by atoms with Crippen molar-refractivity contribution < 1.29 is 8.78 Å². The fourth-order valence-corrected chi connectivity index (χ4v) is 1.51. The lowest BCUT2D eigenvalue weighted by Crippen LogP contribution is -2.14. The smallest absolute Gasteiger partial charge is 0.163 e. The highest BCUT2D eigenvalue weighted by molar-refractivity contribution is 5.28. The molecule has 0 aliphatic rings. The summed E-state index contributed by atoms with van der Waals surface area (Å²) in [5.41, 5.74) is 6.43. The summed E-state index contributed by atoms with van der Waals surface area (Å²) in [5.74, 6) is -1.82. The number of hydrogen-bond donors (Lipinski definition) is 1. The molecule has 1 heterocycles. The van der Waals surface area contributed by atoms with Gasteiger partial charge in [-0.1, -0.05) is 12.1 Å². The molecule has 3 nitrogen and oxygen atoms in total. The molecule has 0 aliphatic carbocycles. The number of benzene rings is 1. The maximum Gasteiger partial charge on any atom is 0.163 e. The van der Waals surface area contributed by atoms with Gasteiger partial charge < -0.3 is 10.3 Å². The Bertz CT molecular complexity index is 508. The van der Waals surface area contributed by atoms with Gasteiger partial charge in [0.1, 0.15) is 0 Å². The fraction of sp³-hybridized carbons (Fsp3) is 0.182. The average molecular weight is 223 g/mol. The van der Waals surface area contributed by atoms with Gasteiger partial charge in [0.25, 0.3) is 0 Å². The third-order valence-corrected chi connectivity index (χ3v) is 2.36. The topological polar surface area (TPSA) is 43.8 Å². The molecule has 2 N–H and O–H groups in total. The maximum atomic E-state index is 13.5. The van der Waals surface area contributed by atoms with Gasteiger partial charge in [-0.15, -0.1) is 0 Å². The minimum atomic E-state index is -0.916. The zero-order chi connectivity index (χ0) is 11.7. The van der Waals surface area contributed by atoms with Gasteiger partial charge in [-0.3, -0.25) is 0 Å². The van der Waals surface area contributed by atoms with Gasteiger partial charge in [-0.25, -0.2) is 13.8 Å². The molecule has 0 aliphatic heterocycles. The molecule has 1 aromatic heterocycles. The van der Waals surface area contributed by atoms with Gasteiger partial charge in [-0.2, -0.15) is 0 Å². The molecule has 0 bridgehead atoms. The van der Waals surface area contributed by atoms with Crippen LogP contribution >= 0.6 is 0 Å². The van der Waals surface area contributed by atoms with Crippen LogP contribution in [-0.2, 0) is 7.05 Å². The normalized spacial score (nSPS) is 12.8. The van der Waals surface area contributed by atoms with Crippen LogP contribution < -0.4 is 5.73 Å². The lowest BCUT2D eigenvalue weighted by Gasteiger charge is -2.10. The van der Waals surface area contributed by atoms with Crippen molar-refractivity contribution in [3.8, 4) is 0 Å². The number of rotatable bonds is 2. The Morgan fingerprint density at radius 1 is 1.38 bits per heavy atom. The molecule has 0 amide bonds. The van der Waals surface area contributed by atoms with E-state index in [1.807, 2.05) is 0 Å². The quantitative estimate of drug-likeness (QED) is 0.842. The van der Waals surface area contributed by atoms with E-state index in [-0.39, 0.29) is 5.56 Å². The second-order valence-electron chi connectivity index (χ2n) is 3.58. The van der Waals surface area contributed by atoms with E-state index in [2.05, 4.69) is 4.98 Å². The maximum absolute atomic E-state index is 13.5. The summed E-state index contributed by atoms with van der Waals surface area (Å²) in [7, 11) is 1.78. The summed E-state index contributed by atoms with van der Waals surface area (Å²) in [6.07, 6.45) is 3.24. The zero-order valence-corrected chi connectivity index (χ0v) is 8.69.